The maximum Gasteiger partial charge on any atom is 0.0304 e. The van der Waals surface area contributed by atoms with Gasteiger partial charge in [-0.15, -0.1) is 0 Å². The van der Waals surface area contributed by atoms with E-state index in [2.05, 4.69) is 51.8 Å². The first-order valence-corrected chi connectivity index (χ1v) is 7.45. The van der Waals surface area contributed by atoms with Crippen LogP contribution < -0.4 is 5.32 Å². The van der Waals surface area contributed by atoms with E-state index < -0.39 is 0 Å². The van der Waals surface area contributed by atoms with E-state index in [1.54, 1.807) is 0 Å². The first-order chi connectivity index (χ1) is 7.94. The summed E-state index contributed by atoms with van der Waals surface area (Å²) in [4.78, 5) is 2.73. The average Bonchev–Trinajstić information content (AvgIpc) is 2.29. The normalized spacial score (nSPS) is 25.8. The van der Waals surface area contributed by atoms with Gasteiger partial charge in [0.05, 0.1) is 0 Å². The summed E-state index contributed by atoms with van der Waals surface area (Å²) in [7, 11) is 0. The van der Waals surface area contributed by atoms with Gasteiger partial charge in [-0.3, -0.25) is 4.90 Å². The van der Waals surface area contributed by atoms with Crippen molar-refractivity contribution in [3.63, 3.8) is 0 Å². The van der Waals surface area contributed by atoms with Crippen LogP contribution >= 0.6 is 0 Å². The first kappa shape index (κ1) is 15.0. The van der Waals surface area contributed by atoms with Crippen LogP contribution in [0.5, 0.6) is 0 Å². The van der Waals surface area contributed by atoms with Crippen molar-refractivity contribution in [1.29, 1.82) is 0 Å². The summed E-state index contributed by atoms with van der Waals surface area (Å²) in [5, 5.41) is 3.83. The molecule has 0 spiro atoms. The highest BCUT2D eigenvalue weighted by atomic mass is 15.3. The van der Waals surface area contributed by atoms with E-state index in [9.17, 15) is 0 Å². The standard InChI is InChI=1S/C15H32N2/c1-7-15(8-2)11-17(13(5)6)14(10-16-15)9-12(3)4/h12-14,16H,7-11H2,1-6H3. The summed E-state index contributed by atoms with van der Waals surface area (Å²) >= 11 is 0. The van der Waals surface area contributed by atoms with Crippen LogP contribution in [-0.4, -0.2) is 35.6 Å². The lowest BCUT2D eigenvalue weighted by Gasteiger charge is -2.49. The molecule has 1 aliphatic rings. The van der Waals surface area contributed by atoms with Crippen LogP contribution in [0.15, 0.2) is 0 Å². The lowest BCUT2D eigenvalue weighted by atomic mass is 9.86. The molecule has 1 aliphatic heterocycles. The fourth-order valence-corrected chi connectivity index (χ4v) is 3.08. The van der Waals surface area contributed by atoms with Crippen molar-refractivity contribution in [3.05, 3.63) is 0 Å². The van der Waals surface area contributed by atoms with Crippen molar-refractivity contribution >= 4 is 0 Å². The summed E-state index contributed by atoms with van der Waals surface area (Å²) in [6, 6.07) is 1.39. The summed E-state index contributed by atoms with van der Waals surface area (Å²) in [6.45, 7) is 16.4. The Morgan fingerprint density at radius 3 is 2.18 bits per heavy atom. The van der Waals surface area contributed by atoms with E-state index in [1.807, 2.05) is 0 Å². The van der Waals surface area contributed by atoms with E-state index in [-0.39, 0.29) is 0 Å². The summed E-state index contributed by atoms with van der Waals surface area (Å²) in [5.74, 6) is 0.791. The predicted octanol–water partition coefficient (Wildman–Crippen LogP) is 3.27. The molecule has 1 saturated heterocycles. The molecular formula is C15H32N2. The Bertz CT molecular complexity index is 219. The summed E-state index contributed by atoms with van der Waals surface area (Å²) in [6.07, 6.45) is 3.79. The van der Waals surface area contributed by atoms with Crippen molar-refractivity contribution in [3.8, 4) is 0 Å². The van der Waals surface area contributed by atoms with Crippen LogP contribution in [-0.2, 0) is 0 Å². The molecule has 0 saturated carbocycles. The number of piperazine rings is 1. The van der Waals surface area contributed by atoms with Gasteiger partial charge in [-0.2, -0.15) is 0 Å². The highest BCUT2D eigenvalue weighted by molar-refractivity contribution is 4.97. The predicted molar refractivity (Wildman–Crippen MR) is 76.4 cm³/mol. The molecule has 102 valence electrons. The minimum Gasteiger partial charge on any atom is -0.308 e. The molecule has 0 bridgehead atoms. The minimum absolute atomic E-state index is 0.359. The molecule has 1 fully saturated rings. The molecule has 1 N–H and O–H groups in total. The molecular weight excluding hydrogens is 208 g/mol. The largest absolute Gasteiger partial charge is 0.308 e. The Hall–Kier alpha value is -0.0800. The van der Waals surface area contributed by atoms with E-state index in [0.29, 0.717) is 11.6 Å². The molecule has 0 radical (unpaired) electrons. The highest BCUT2D eigenvalue weighted by Gasteiger charge is 2.37. The zero-order valence-corrected chi connectivity index (χ0v) is 12.7. The molecule has 2 nitrogen and oxygen atoms in total. The van der Waals surface area contributed by atoms with Gasteiger partial charge in [0.1, 0.15) is 0 Å². The highest BCUT2D eigenvalue weighted by Crippen LogP contribution is 2.26. The smallest absolute Gasteiger partial charge is 0.0304 e. The third kappa shape index (κ3) is 3.69. The molecule has 1 unspecified atom stereocenters. The van der Waals surface area contributed by atoms with Gasteiger partial charge in [0.25, 0.3) is 0 Å². The molecule has 1 heterocycles. The lowest BCUT2D eigenvalue weighted by Crippen LogP contribution is -2.65. The van der Waals surface area contributed by atoms with Gasteiger partial charge < -0.3 is 5.32 Å². The maximum absolute atomic E-state index is 3.83. The molecule has 2 heteroatoms. The molecule has 0 aliphatic carbocycles. The quantitative estimate of drug-likeness (QED) is 0.793. The number of nitrogens with one attached hydrogen (secondary N) is 1. The Labute approximate surface area is 108 Å². The third-order valence-corrected chi connectivity index (χ3v) is 4.43. The van der Waals surface area contributed by atoms with Crippen molar-refractivity contribution in [2.75, 3.05) is 13.1 Å². The second kappa shape index (κ2) is 6.19. The van der Waals surface area contributed by atoms with E-state index in [0.717, 1.165) is 18.5 Å². The van der Waals surface area contributed by atoms with E-state index >= 15 is 0 Å². The number of nitrogens with zero attached hydrogens (tertiary/aromatic N) is 1. The van der Waals surface area contributed by atoms with Gasteiger partial charge in [-0.25, -0.2) is 0 Å². The zero-order valence-electron chi connectivity index (χ0n) is 12.7. The summed E-state index contributed by atoms with van der Waals surface area (Å²) < 4.78 is 0. The Kier molecular flexibility index (Phi) is 5.46. The SMILES string of the molecule is CCC1(CC)CN(C(C)C)C(CC(C)C)CN1. The second-order valence-corrected chi connectivity index (χ2v) is 6.42. The molecule has 0 aromatic carbocycles. The number of hydrogen-bond acceptors (Lipinski definition) is 2. The topological polar surface area (TPSA) is 15.3 Å². The van der Waals surface area contributed by atoms with Crippen molar-refractivity contribution in [2.45, 2.75) is 78.4 Å². The van der Waals surface area contributed by atoms with Crippen molar-refractivity contribution in [1.82, 2.24) is 10.2 Å². The molecule has 0 aromatic heterocycles. The lowest BCUT2D eigenvalue weighted by molar-refractivity contribution is 0.0387. The van der Waals surface area contributed by atoms with Gasteiger partial charge in [0.15, 0.2) is 0 Å². The fourth-order valence-electron chi connectivity index (χ4n) is 3.08. The van der Waals surface area contributed by atoms with Crippen molar-refractivity contribution < 1.29 is 0 Å². The first-order valence-electron chi connectivity index (χ1n) is 7.45. The average molecular weight is 240 g/mol. The minimum atomic E-state index is 0.359. The zero-order chi connectivity index (χ0) is 13.1. The van der Waals surface area contributed by atoms with Gasteiger partial charge >= 0.3 is 0 Å². The van der Waals surface area contributed by atoms with Crippen molar-refractivity contribution in [2.24, 2.45) is 5.92 Å². The monoisotopic (exact) mass is 240 g/mol. The second-order valence-electron chi connectivity index (χ2n) is 6.42. The molecule has 1 atom stereocenters. The molecule has 0 aromatic rings. The number of hydrogen-bond donors (Lipinski definition) is 1. The van der Waals surface area contributed by atoms with Gasteiger partial charge in [0, 0.05) is 30.7 Å². The van der Waals surface area contributed by atoms with E-state index in [4.69, 9.17) is 0 Å². The fraction of sp³-hybridized carbons (Fsp3) is 1.00. The van der Waals surface area contributed by atoms with Crippen LogP contribution in [0, 0.1) is 5.92 Å². The van der Waals surface area contributed by atoms with Crippen LogP contribution in [0.25, 0.3) is 0 Å². The van der Waals surface area contributed by atoms with Crippen LogP contribution in [0.3, 0.4) is 0 Å². The molecule has 0 amide bonds. The Morgan fingerprint density at radius 2 is 1.76 bits per heavy atom. The van der Waals surface area contributed by atoms with Gasteiger partial charge in [0.2, 0.25) is 0 Å². The molecule has 17 heavy (non-hydrogen) atoms. The van der Waals surface area contributed by atoms with Crippen LogP contribution in [0.4, 0.5) is 0 Å². The number of rotatable bonds is 5. The Morgan fingerprint density at radius 1 is 1.18 bits per heavy atom. The summed E-state index contributed by atoms with van der Waals surface area (Å²) in [5.41, 5.74) is 0.359. The Balaban J connectivity index is 2.73. The van der Waals surface area contributed by atoms with E-state index in [1.165, 1.54) is 25.8 Å². The third-order valence-electron chi connectivity index (χ3n) is 4.43. The van der Waals surface area contributed by atoms with Crippen LogP contribution in [0.2, 0.25) is 0 Å². The van der Waals surface area contributed by atoms with Gasteiger partial charge in [-0.1, -0.05) is 27.7 Å². The van der Waals surface area contributed by atoms with Gasteiger partial charge in [-0.05, 0) is 39.0 Å². The van der Waals surface area contributed by atoms with Crippen LogP contribution in [0.1, 0.15) is 60.8 Å². The molecule has 1 rings (SSSR count). The maximum atomic E-state index is 3.83.